The zero-order valence-corrected chi connectivity index (χ0v) is 12.6. The van der Waals surface area contributed by atoms with Gasteiger partial charge in [0.25, 0.3) is 0 Å². The smallest absolute Gasteiger partial charge is 0.220 e. The number of carbonyl (C=O) groups excluding carboxylic acids is 1. The van der Waals surface area contributed by atoms with Gasteiger partial charge in [-0.3, -0.25) is 4.79 Å². The molecule has 0 aromatic carbocycles. The van der Waals surface area contributed by atoms with Gasteiger partial charge in [0.15, 0.2) is 0 Å². The van der Waals surface area contributed by atoms with E-state index in [2.05, 4.69) is 24.5 Å². The van der Waals surface area contributed by atoms with Crippen LogP contribution in [0.15, 0.2) is 0 Å². The molecule has 1 saturated heterocycles. The van der Waals surface area contributed by atoms with Crippen molar-refractivity contribution in [2.45, 2.75) is 58.8 Å². The maximum atomic E-state index is 12.0. The Morgan fingerprint density at radius 1 is 1.37 bits per heavy atom. The van der Waals surface area contributed by atoms with Gasteiger partial charge in [-0.05, 0) is 56.0 Å². The van der Waals surface area contributed by atoms with Crippen molar-refractivity contribution in [3.05, 3.63) is 0 Å². The van der Waals surface area contributed by atoms with E-state index in [4.69, 9.17) is 0 Å². The number of rotatable bonds is 6. The monoisotopic (exact) mass is 266 g/mol. The first-order valence-corrected chi connectivity index (χ1v) is 8.07. The Morgan fingerprint density at radius 2 is 2.11 bits per heavy atom. The third kappa shape index (κ3) is 4.48. The zero-order valence-electron chi connectivity index (χ0n) is 12.6. The molecule has 2 aliphatic rings. The lowest BCUT2D eigenvalue weighted by Gasteiger charge is -2.31. The molecule has 1 saturated carbocycles. The van der Waals surface area contributed by atoms with Crippen LogP contribution in [0, 0.1) is 17.3 Å². The van der Waals surface area contributed by atoms with E-state index in [-0.39, 0.29) is 5.91 Å². The minimum absolute atomic E-state index is 0.267. The van der Waals surface area contributed by atoms with Crippen LogP contribution in [0.4, 0.5) is 0 Å². The summed E-state index contributed by atoms with van der Waals surface area (Å²) in [7, 11) is 0. The fraction of sp³-hybridized carbons (Fsp3) is 0.938. The van der Waals surface area contributed by atoms with Gasteiger partial charge in [0.05, 0.1) is 0 Å². The molecule has 3 nitrogen and oxygen atoms in total. The van der Waals surface area contributed by atoms with Crippen molar-refractivity contribution in [2.75, 3.05) is 19.6 Å². The van der Waals surface area contributed by atoms with Crippen molar-refractivity contribution >= 4 is 5.91 Å². The third-order valence-corrected chi connectivity index (χ3v) is 4.80. The minimum atomic E-state index is 0.267. The van der Waals surface area contributed by atoms with Gasteiger partial charge in [0.1, 0.15) is 0 Å². The molecule has 2 rings (SSSR count). The number of amides is 1. The summed E-state index contributed by atoms with van der Waals surface area (Å²) < 4.78 is 0. The minimum Gasteiger partial charge on any atom is -0.356 e. The van der Waals surface area contributed by atoms with Gasteiger partial charge in [0.2, 0.25) is 5.91 Å². The topological polar surface area (TPSA) is 41.1 Å². The molecule has 1 heterocycles. The number of hydrogen-bond acceptors (Lipinski definition) is 2. The lowest BCUT2D eigenvalue weighted by Crippen LogP contribution is -2.37. The van der Waals surface area contributed by atoms with Crippen LogP contribution < -0.4 is 10.6 Å². The number of hydrogen-bond donors (Lipinski definition) is 2. The van der Waals surface area contributed by atoms with Gasteiger partial charge >= 0.3 is 0 Å². The Balaban J connectivity index is 1.76. The van der Waals surface area contributed by atoms with Gasteiger partial charge < -0.3 is 10.6 Å². The lowest BCUT2D eigenvalue weighted by atomic mass is 9.78. The Labute approximate surface area is 117 Å². The first-order valence-electron chi connectivity index (χ1n) is 8.07. The molecule has 1 unspecified atom stereocenters. The average Bonchev–Trinajstić information content (AvgIpc) is 2.98. The van der Waals surface area contributed by atoms with Crippen LogP contribution in [-0.2, 0) is 4.79 Å². The van der Waals surface area contributed by atoms with Crippen molar-refractivity contribution in [3.63, 3.8) is 0 Å². The summed E-state index contributed by atoms with van der Waals surface area (Å²) in [5.41, 5.74) is 0.401. The van der Waals surface area contributed by atoms with E-state index in [0.29, 0.717) is 17.8 Å². The second kappa shape index (κ2) is 6.74. The summed E-state index contributed by atoms with van der Waals surface area (Å²) in [6.45, 7) is 7.60. The zero-order chi connectivity index (χ0) is 13.7. The molecule has 1 amide bonds. The highest BCUT2D eigenvalue weighted by Gasteiger charge is 2.34. The SMILES string of the molecule is CC(C)CC1(CNC(=O)CC2CCNC2)CCCC1. The number of nitrogens with one attached hydrogen (secondary N) is 2. The number of carbonyl (C=O) groups is 1. The van der Waals surface area contributed by atoms with Gasteiger partial charge in [-0.1, -0.05) is 26.7 Å². The molecule has 0 aromatic heterocycles. The van der Waals surface area contributed by atoms with Crippen LogP contribution in [-0.4, -0.2) is 25.5 Å². The molecule has 1 aliphatic carbocycles. The van der Waals surface area contributed by atoms with E-state index in [0.717, 1.165) is 32.0 Å². The molecule has 1 aliphatic heterocycles. The summed E-state index contributed by atoms with van der Waals surface area (Å²) in [5.74, 6) is 1.56. The average molecular weight is 266 g/mol. The molecular weight excluding hydrogens is 236 g/mol. The lowest BCUT2D eigenvalue weighted by molar-refractivity contribution is -0.122. The van der Waals surface area contributed by atoms with Crippen molar-refractivity contribution in [3.8, 4) is 0 Å². The van der Waals surface area contributed by atoms with E-state index < -0.39 is 0 Å². The third-order valence-electron chi connectivity index (χ3n) is 4.80. The fourth-order valence-corrected chi connectivity index (χ4v) is 3.95. The normalized spacial score (nSPS) is 25.9. The van der Waals surface area contributed by atoms with Crippen LogP contribution in [0.1, 0.15) is 58.8 Å². The molecule has 2 N–H and O–H groups in total. The highest BCUT2D eigenvalue weighted by Crippen LogP contribution is 2.42. The predicted octanol–water partition coefficient (Wildman–Crippen LogP) is 2.71. The molecule has 0 spiro atoms. The van der Waals surface area contributed by atoms with Crippen molar-refractivity contribution < 1.29 is 4.79 Å². The van der Waals surface area contributed by atoms with Gasteiger partial charge in [-0.15, -0.1) is 0 Å². The Morgan fingerprint density at radius 3 is 2.68 bits per heavy atom. The maximum Gasteiger partial charge on any atom is 0.220 e. The van der Waals surface area contributed by atoms with Gasteiger partial charge in [0, 0.05) is 13.0 Å². The van der Waals surface area contributed by atoms with E-state index in [1.807, 2.05) is 0 Å². The second-order valence-electron chi connectivity index (χ2n) is 7.14. The maximum absolute atomic E-state index is 12.0. The quantitative estimate of drug-likeness (QED) is 0.776. The van der Waals surface area contributed by atoms with Crippen molar-refractivity contribution in [2.24, 2.45) is 17.3 Å². The Bertz CT molecular complexity index is 289. The summed E-state index contributed by atoms with van der Waals surface area (Å²) in [6, 6.07) is 0. The first kappa shape index (κ1) is 14.8. The largest absolute Gasteiger partial charge is 0.356 e. The van der Waals surface area contributed by atoms with Crippen molar-refractivity contribution in [1.82, 2.24) is 10.6 Å². The van der Waals surface area contributed by atoms with E-state index >= 15 is 0 Å². The molecule has 0 aromatic rings. The molecule has 0 bridgehead atoms. The molecule has 1 atom stereocenters. The highest BCUT2D eigenvalue weighted by atomic mass is 16.1. The summed E-state index contributed by atoms with van der Waals surface area (Å²) in [6.07, 6.45) is 8.42. The van der Waals surface area contributed by atoms with Crippen LogP contribution in [0.3, 0.4) is 0 Å². The molecule has 19 heavy (non-hydrogen) atoms. The van der Waals surface area contributed by atoms with Gasteiger partial charge in [-0.25, -0.2) is 0 Å². The summed E-state index contributed by atoms with van der Waals surface area (Å²) in [5, 5.41) is 6.56. The summed E-state index contributed by atoms with van der Waals surface area (Å²) in [4.78, 5) is 12.0. The van der Waals surface area contributed by atoms with Gasteiger partial charge in [-0.2, -0.15) is 0 Å². The molecule has 110 valence electrons. The van der Waals surface area contributed by atoms with Crippen molar-refractivity contribution in [1.29, 1.82) is 0 Å². The van der Waals surface area contributed by atoms with Crippen LogP contribution >= 0.6 is 0 Å². The van der Waals surface area contributed by atoms with Crippen LogP contribution in [0.25, 0.3) is 0 Å². The van der Waals surface area contributed by atoms with E-state index in [1.54, 1.807) is 0 Å². The molecule has 0 radical (unpaired) electrons. The van der Waals surface area contributed by atoms with Crippen LogP contribution in [0.5, 0.6) is 0 Å². The summed E-state index contributed by atoms with van der Waals surface area (Å²) >= 11 is 0. The highest BCUT2D eigenvalue weighted by molar-refractivity contribution is 5.76. The molecule has 2 fully saturated rings. The van der Waals surface area contributed by atoms with E-state index in [9.17, 15) is 4.79 Å². The second-order valence-corrected chi connectivity index (χ2v) is 7.14. The standard InChI is InChI=1S/C16H30N2O/c1-13(2)10-16(6-3-4-7-16)12-18-15(19)9-14-5-8-17-11-14/h13-14,17H,3-12H2,1-2H3,(H,18,19). The van der Waals surface area contributed by atoms with Crippen LogP contribution in [0.2, 0.25) is 0 Å². The Hall–Kier alpha value is -0.570. The van der Waals surface area contributed by atoms with E-state index in [1.165, 1.54) is 32.1 Å². The molecule has 3 heteroatoms. The Kier molecular flexibility index (Phi) is 5.26. The fourth-order valence-electron chi connectivity index (χ4n) is 3.95. The first-order chi connectivity index (χ1) is 9.10. The molecular formula is C16H30N2O. The predicted molar refractivity (Wildman–Crippen MR) is 79.0 cm³/mol.